The second-order valence-corrected chi connectivity index (χ2v) is 3.27. The van der Waals surface area contributed by atoms with Crippen molar-refractivity contribution in [2.75, 3.05) is 24.6 Å². The largest absolute Gasteiger partial charge is 0.397 e. The minimum atomic E-state index is -1.15. The standard InChI is InChI=1S/C10H13F2N3O/c1-3-15(2)10(16)14-9-7(13)5-4-6(11)8(9)12/h4-5H,3,13H2,1-2H3,(H,14,16). The van der Waals surface area contributed by atoms with E-state index >= 15 is 0 Å². The van der Waals surface area contributed by atoms with Gasteiger partial charge in [-0.05, 0) is 19.1 Å². The topological polar surface area (TPSA) is 58.4 Å². The minimum Gasteiger partial charge on any atom is -0.397 e. The molecule has 0 saturated heterocycles. The maximum Gasteiger partial charge on any atom is 0.321 e. The van der Waals surface area contributed by atoms with Crippen molar-refractivity contribution in [3.63, 3.8) is 0 Å². The van der Waals surface area contributed by atoms with E-state index in [2.05, 4.69) is 5.32 Å². The Bertz CT molecular complexity index is 409. The Hall–Kier alpha value is -1.85. The van der Waals surface area contributed by atoms with Crippen LogP contribution in [-0.2, 0) is 0 Å². The summed E-state index contributed by atoms with van der Waals surface area (Å²) in [6.45, 7) is 2.20. The van der Waals surface area contributed by atoms with Gasteiger partial charge in [0.2, 0.25) is 0 Å². The molecule has 0 aliphatic carbocycles. The summed E-state index contributed by atoms with van der Waals surface area (Å²) in [5.41, 5.74) is 5.09. The highest BCUT2D eigenvalue weighted by atomic mass is 19.2. The van der Waals surface area contributed by atoms with Gasteiger partial charge in [0.15, 0.2) is 11.6 Å². The molecule has 0 bridgehead atoms. The molecule has 0 atom stereocenters. The number of hydrogen-bond acceptors (Lipinski definition) is 2. The average molecular weight is 229 g/mol. The summed E-state index contributed by atoms with van der Waals surface area (Å²) in [5, 5.41) is 2.22. The van der Waals surface area contributed by atoms with Crippen molar-refractivity contribution in [3.8, 4) is 0 Å². The third kappa shape index (κ3) is 2.39. The van der Waals surface area contributed by atoms with Crippen LogP contribution in [0.15, 0.2) is 12.1 Å². The number of hydrogen-bond donors (Lipinski definition) is 2. The smallest absolute Gasteiger partial charge is 0.321 e. The summed E-state index contributed by atoms with van der Waals surface area (Å²) >= 11 is 0. The first-order chi connectivity index (χ1) is 7.47. The normalized spacial score (nSPS) is 10.0. The molecule has 6 heteroatoms. The number of carbonyl (C=O) groups excluding carboxylic acids is 1. The van der Waals surface area contributed by atoms with Crippen molar-refractivity contribution in [2.45, 2.75) is 6.92 Å². The second kappa shape index (κ2) is 4.78. The number of amides is 2. The van der Waals surface area contributed by atoms with E-state index in [1.54, 1.807) is 6.92 Å². The van der Waals surface area contributed by atoms with Crippen molar-refractivity contribution in [3.05, 3.63) is 23.8 Å². The lowest BCUT2D eigenvalue weighted by atomic mass is 10.2. The first-order valence-electron chi connectivity index (χ1n) is 4.73. The molecular weight excluding hydrogens is 216 g/mol. The van der Waals surface area contributed by atoms with Crippen molar-refractivity contribution >= 4 is 17.4 Å². The zero-order valence-electron chi connectivity index (χ0n) is 9.05. The molecule has 0 aliphatic heterocycles. The van der Waals surface area contributed by atoms with Crippen LogP contribution in [0.4, 0.5) is 25.0 Å². The monoisotopic (exact) mass is 229 g/mol. The molecule has 0 heterocycles. The zero-order valence-corrected chi connectivity index (χ0v) is 9.05. The summed E-state index contributed by atoms with van der Waals surface area (Å²) in [4.78, 5) is 12.7. The fourth-order valence-electron chi connectivity index (χ4n) is 1.04. The summed E-state index contributed by atoms with van der Waals surface area (Å²) in [7, 11) is 1.53. The second-order valence-electron chi connectivity index (χ2n) is 3.27. The number of urea groups is 1. The third-order valence-corrected chi connectivity index (χ3v) is 2.18. The fraction of sp³-hybridized carbons (Fsp3) is 0.300. The number of nitrogens with two attached hydrogens (primary N) is 1. The van der Waals surface area contributed by atoms with Crippen LogP contribution in [0, 0.1) is 11.6 Å². The Morgan fingerprint density at radius 1 is 1.50 bits per heavy atom. The van der Waals surface area contributed by atoms with E-state index in [0.29, 0.717) is 6.54 Å². The molecule has 0 spiro atoms. The Labute approximate surface area is 92.0 Å². The molecule has 0 unspecified atom stereocenters. The van der Waals surface area contributed by atoms with Crippen LogP contribution in [0.5, 0.6) is 0 Å². The van der Waals surface area contributed by atoms with Crippen molar-refractivity contribution in [1.29, 1.82) is 0 Å². The van der Waals surface area contributed by atoms with Crippen molar-refractivity contribution < 1.29 is 13.6 Å². The van der Waals surface area contributed by atoms with Gasteiger partial charge in [-0.25, -0.2) is 13.6 Å². The molecule has 0 saturated carbocycles. The number of nitrogens with one attached hydrogen (secondary N) is 1. The highest BCUT2D eigenvalue weighted by Crippen LogP contribution is 2.24. The van der Waals surface area contributed by atoms with Crippen LogP contribution in [0.25, 0.3) is 0 Å². The number of carbonyl (C=O) groups is 1. The van der Waals surface area contributed by atoms with Gasteiger partial charge in [-0.3, -0.25) is 0 Å². The molecular formula is C10H13F2N3O. The Kier molecular flexibility index (Phi) is 3.65. The molecule has 4 nitrogen and oxygen atoms in total. The third-order valence-electron chi connectivity index (χ3n) is 2.18. The number of nitrogen functional groups attached to an aromatic ring is 1. The quantitative estimate of drug-likeness (QED) is 0.762. The van der Waals surface area contributed by atoms with Gasteiger partial charge in [-0.15, -0.1) is 0 Å². The number of halogens is 2. The molecule has 2 amide bonds. The van der Waals surface area contributed by atoms with Crippen LogP contribution in [-0.4, -0.2) is 24.5 Å². The maximum atomic E-state index is 13.3. The van der Waals surface area contributed by atoms with E-state index < -0.39 is 17.7 Å². The van der Waals surface area contributed by atoms with E-state index in [9.17, 15) is 13.6 Å². The minimum absolute atomic E-state index is 0.0169. The SMILES string of the molecule is CCN(C)C(=O)Nc1c(N)ccc(F)c1F. The average Bonchev–Trinajstić information content (AvgIpc) is 2.28. The number of rotatable bonds is 2. The van der Waals surface area contributed by atoms with E-state index in [-0.39, 0.29) is 11.4 Å². The number of benzene rings is 1. The lowest BCUT2D eigenvalue weighted by Crippen LogP contribution is -2.31. The number of anilines is 2. The lowest BCUT2D eigenvalue weighted by Gasteiger charge is -2.16. The highest BCUT2D eigenvalue weighted by Gasteiger charge is 2.15. The molecule has 0 aromatic heterocycles. The Balaban J connectivity index is 2.97. The molecule has 1 rings (SSSR count). The molecule has 0 radical (unpaired) electrons. The molecule has 3 N–H and O–H groups in total. The van der Waals surface area contributed by atoms with E-state index in [4.69, 9.17) is 5.73 Å². The molecule has 1 aromatic carbocycles. The summed E-state index contributed by atoms with van der Waals surface area (Å²) < 4.78 is 26.2. The van der Waals surface area contributed by atoms with Crippen molar-refractivity contribution in [2.24, 2.45) is 0 Å². The van der Waals surface area contributed by atoms with Gasteiger partial charge < -0.3 is 16.0 Å². The summed E-state index contributed by atoms with van der Waals surface area (Å²) in [6.07, 6.45) is 0. The predicted octanol–water partition coefficient (Wildman–Crippen LogP) is 2.03. The first-order valence-corrected chi connectivity index (χ1v) is 4.73. The first kappa shape index (κ1) is 12.2. The zero-order chi connectivity index (χ0) is 12.3. The summed E-state index contributed by atoms with van der Waals surface area (Å²) in [6, 6.07) is 1.56. The van der Waals surface area contributed by atoms with Crippen LogP contribution in [0.1, 0.15) is 6.92 Å². The lowest BCUT2D eigenvalue weighted by molar-refractivity contribution is 0.224. The highest BCUT2D eigenvalue weighted by molar-refractivity contribution is 5.92. The van der Waals surface area contributed by atoms with E-state index in [1.165, 1.54) is 18.0 Å². The molecule has 88 valence electrons. The predicted molar refractivity (Wildman–Crippen MR) is 58.1 cm³/mol. The van der Waals surface area contributed by atoms with Gasteiger partial charge in [0, 0.05) is 13.6 Å². The maximum absolute atomic E-state index is 13.3. The van der Waals surface area contributed by atoms with Crippen molar-refractivity contribution in [1.82, 2.24) is 4.90 Å². The fourth-order valence-corrected chi connectivity index (χ4v) is 1.04. The van der Waals surface area contributed by atoms with Gasteiger partial charge in [-0.2, -0.15) is 0 Å². The van der Waals surface area contributed by atoms with Gasteiger partial charge in [0.05, 0.1) is 5.69 Å². The van der Waals surface area contributed by atoms with E-state index in [0.717, 1.165) is 6.07 Å². The number of nitrogens with zero attached hydrogens (tertiary/aromatic N) is 1. The van der Waals surface area contributed by atoms with Crippen LogP contribution in [0.2, 0.25) is 0 Å². The Morgan fingerprint density at radius 2 is 2.12 bits per heavy atom. The van der Waals surface area contributed by atoms with E-state index in [1.807, 2.05) is 0 Å². The molecule has 0 aliphatic rings. The van der Waals surface area contributed by atoms with Crippen LogP contribution in [0.3, 0.4) is 0 Å². The summed E-state index contributed by atoms with van der Waals surface area (Å²) in [5.74, 6) is -2.21. The van der Waals surface area contributed by atoms with Crippen LogP contribution >= 0.6 is 0 Å². The van der Waals surface area contributed by atoms with Gasteiger partial charge in [0.1, 0.15) is 5.69 Å². The van der Waals surface area contributed by atoms with Crippen LogP contribution < -0.4 is 11.1 Å². The molecule has 0 fully saturated rings. The molecule has 1 aromatic rings. The Morgan fingerprint density at radius 3 is 2.69 bits per heavy atom. The van der Waals surface area contributed by atoms with Gasteiger partial charge in [-0.1, -0.05) is 0 Å². The van der Waals surface area contributed by atoms with Gasteiger partial charge >= 0.3 is 6.03 Å². The molecule has 16 heavy (non-hydrogen) atoms. The van der Waals surface area contributed by atoms with Gasteiger partial charge in [0.25, 0.3) is 0 Å².